The number of fused-ring (bicyclic) bond motifs is 2. The van der Waals surface area contributed by atoms with Crippen molar-refractivity contribution in [3.63, 3.8) is 0 Å². The van der Waals surface area contributed by atoms with E-state index >= 15 is 0 Å². The number of para-hydroxylation sites is 1. The predicted molar refractivity (Wildman–Crippen MR) is 77.4 cm³/mol. The molecule has 1 fully saturated rings. The van der Waals surface area contributed by atoms with E-state index in [1.807, 2.05) is 12.2 Å². The van der Waals surface area contributed by atoms with Crippen LogP contribution in [-0.4, -0.2) is 28.1 Å². The van der Waals surface area contributed by atoms with E-state index in [1.165, 1.54) is 12.1 Å². The highest BCUT2D eigenvalue weighted by atomic mass is 16.4. The zero-order valence-electron chi connectivity index (χ0n) is 11.6. The molecule has 0 aromatic heterocycles. The lowest BCUT2D eigenvalue weighted by Crippen LogP contribution is -2.36. The van der Waals surface area contributed by atoms with E-state index in [9.17, 15) is 19.5 Å². The first kappa shape index (κ1) is 14.3. The molecule has 0 aliphatic heterocycles. The van der Waals surface area contributed by atoms with Crippen molar-refractivity contribution in [2.75, 3.05) is 5.32 Å². The van der Waals surface area contributed by atoms with Crippen LogP contribution < -0.4 is 5.32 Å². The van der Waals surface area contributed by atoms with Gasteiger partial charge in [0.25, 0.3) is 0 Å². The molecular formula is C16H15NO5. The maximum absolute atomic E-state index is 12.5. The van der Waals surface area contributed by atoms with Crippen molar-refractivity contribution in [3.8, 4) is 0 Å². The van der Waals surface area contributed by atoms with Gasteiger partial charge in [0, 0.05) is 0 Å². The molecule has 1 amide bonds. The van der Waals surface area contributed by atoms with Crippen molar-refractivity contribution in [1.82, 2.24) is 0 Å². The maximum atomic E-state index is 12.5. The third-order valence-corrected chi connectivity index (χ3v) is 4.46. The summed E-state index contributed by atoms with van der Waals surface area (Å²) < 4.78 is 0. The summed E-state index contributed by atoms with van der Waals surface area (Å²) in [6, 6.07) is 6.09. The summed E-state index contributed by atoms with van der Waals surface area (Å²) >= 11 is 0. The lowest BCUT2D eigenvalue weighted by molar-refractivity contribution is -0.146. The summed E-state index contributed by atoms with van der Waals surface area (Å²) in [5.41, 5.74) is 0.178. The number of carbonyl (C=O) groups excluding carboxylic acids is 1. The van der Waals surface area contributed by atoms with Crippen LogP contribution in [0.4, 0.5) is 5.69 Å². The lowest BCUT2D eigenvalue weighted by Gasteiger charge is -2.24. The number of aromatic carboxylic acids is 1. The number of carboxylic acid groups (broad SMARTS) is 2. The molecule has 6 nitrogen and oxygen atoms in total. The third-order valence-electron chi connectivity index (χ3n) is 4.46. The second kappa shape index (κ2) is 5.29. The number of nitrogens with one attached hydrogen (secondary N) is 1. The fourth-order valence-corrected chi connectivity index (χ4v) is 3.51. The number of carbonyl (C=O) groups is 3. The Bertz CT molecular complexity index is 681. The molecule has 0 radical (unpaired) electrons. The van der Waals surface area contributed by atoms with Gasteiger partial charge in [0.2, 0.25) is 5.91 Å². The molecule has 1 saturated carbocycles. The van der Waals surface area contributed by atoms with Crippen LogP contribution in [0.2, 0.25) is 0 Å². The number of allylic oxidation sites excluding steroid dienone is 2. The fraction of sp³-hybridized carbons (Fsp3) is 0.312. The number of anilines is 1. The summed E-state index contributed by atoms with van der Waals surface area (Å²) in [4.78, 5) is 35.1. The summed E-state index contributed by atoms with van der Waals surface area (Å²) in [7, 11) is 0. The summed E-state index contributed by atoms with van der Waals surface area (Å²) in [6.45, 7) is 0. The van der Waals surface area contributed by atoms with Gasteiger partial charge in [0.15, 0.2) is 0 Å². The van der Waals surface area contributed by atoms with Crippen LogP contribution in [0.1, 0.15) is 16.8 Å². The third kappa shape index (κ3) is 2.26. The van der Waals surface area contributed by atoms with Gasteiger partial charge in [-0.3, -0.25) is 9.59 Å². The van der Waals surface area contributed by atoms with Crippen LogP contribution in [0.25, 0.3) is 0 Å². The summed E-state index contributed by atoms with van der Waals surface area (Å²) in [6.07, 6.45) is 4.41. The molecule has 1 aromatic carbocycles. The lowest BCUT2D eigenvalue weighted by atomic mass is 9.82. The molecule has 3 rings (SSSR count). The Labute approximate surface area is 126 Å². The molecule has 1 aromatic rings. The Morgan fingerprint density at radius 1 is 1.00 bits per heavy atom. The number of hydrogen-bond donors (Lipinski definition) is 3. The first-order valence-electron chi connectivity index (χ1n) is 7.03. The highest BCUT2D eigenvalue weighted by Gasteiger charge is 2.51. The minimum absolute atomic E-state index is 0.0126. The molecular weight excluding hydrogens is 286 g/mol. The van der Waals surface area contributed by atoms with Gasteiger partial charge in [0.05, 0.1) is 23.1 Å². The standard InChI is InChI=1S/C16H15NO5/c18-14(17-11-4-2-1-3-10(11)15(19)20)12-8-5-6-9(7-8)13(12)16(21)22/h1-6,8-9,12-13H,7H2,(H,17,18)(H,19,20)(H,21,22)/t8-,9+,12+,13-/m0/s1. The van der Waals surface area contributed by atoms with Gasteiger partial charge >= 0.3 is 11.9 Å². The van der Waals surface area contributed by atoms with Crippen molar-refractivity contribution >= 4 is 23.5 Å². The van der Waals surface area contributed by atoms with Crippen LogP contribution >= 0.6 is 0 Å². The first-order valence-corrected chi connectivity index (χ1v) is 7.03. The zero-order chi connectivity index (χ0) is 15.9. The smallest absolute Gasteiger partial charge is 0.337 e. The number of aliphatic carboxylic acids is 1. The van der Waals surface area contributed by atoms with Crippen molar-refractivity contribution in [2.45, 2.75) is 6.42 Å². The van der Waals surface area contributed by atoms with E-state index in [-0.39, 0.29) is 23.1 Å². The first-order chi connectivity index (χ1) is 10.5. The molecule has 2 bridgehead atoms. The maximum Gasteiger partial charge on any atom is 0.337 e. The largest absolute Gasteiger partial charge is 0.481 e. The molecule has 114 valence electrons. The summed E-state index contributed by atoms with van der Waals surface area (Å²) in [5, 5.41) is 21.1. The van der Waals surface area contributed by atoms with Gasteiger partial charge < -0.3 is 15.5 Å². The average molecular weight is 301 g/mol. The second-order valence-corrected chi connectivity index (χ2v) is 5.68. The van der Waals surface area contributed by atoms with E-state index < -0.39 is 29.7 Å². The molecule has 4 atom stereocenters. The number of amides is 1. The van der Waals surface area contributed by atoms with E-state index in [0.717, 1.165) is 0 Å². The minimum Gasteiger partial charge on any atom is -0.481 e. The van der Waals surface area contributed by atoms with Crippen LogP contribution in [0.5, 0.6) is 0 Å². The molecule has 22 heavy (non-hydrogen) atoms. The van der Waals surface area contributed by atoms with Crippen LogP contribution in [-0.2, 0) is 9.59 Å². The van der Waals surface area contributed by atoms with Crippen LogP contribution in [0, 0.1) is 23.7 Å². The molecule has 0 saturated heterocycles. The highest BCUT2D eigenvalue weighted by molar-refractivity contribution is 6.02. The van der Waals surface area contributed by atoms with Crippen molar-refractivity contribution < 1.29 is 24.6 Å². The normalized spacial score (nSPS) is 28.5. The van der Waals surface area contributed by atoms with E-state index in [1.54, 1.807) is 12.1 Å². The zero-order valence-corrected chi connectivity index (χ0v) is 11.6. The molecule has 2 aliphatic rings. The van der Waals surface area contributed by atoms with E-state index in [2.05, 4.69) is 5.32 Å². The number of hydrogen-bond acceptors (Lipinski definition) is 3. The molecule has 0 heterocycles. The fourth-order valence-electron chi connectivity index (χ4n) is 3.51. The van der Waals surface area contributed by atoms with E-state index in [4.69, 9.17) is 5.11 Å². The van der Waals surface area contributed by atoms with Gasteiger partial charge in [-0.05, 0) is 30.4 Å². The Balaban J connectivity index is 1.85. The SMILES string of the molecule is O=C(O)c1ccccc1NC(=O)[C@H]1[C@@H](C(=O)O)[C@@H]2C=C[C@H]1C2. The van der Waals surface area contributed by atoms with Crippen LogP contribution in [0.3, 0.4) is 0 Å². The van der Waals surface area contributed by atoms with Gasteiger partial charge in [0.1, 0.15) is 0 Å². The quantitative estimate of drug-likeness (QED) is 0.736. The second-order valence-electron chi connectivity index (χ2n) is 5.68. The van der Waals surface area contributed by atoms with Crippen molar-refractivity contribution in [2.24, 2.45) is 23.7 Å². The van der Waals surface area contributed by atoms with E-state index in [0.29, 0.717) is 6.42 Å². The van der Waals surface area contributed by atoms with Gasteiger partial charge in [-0.15, -0.1) is 0 Å². The topological polar surface area (TPSA) is 104 Å². The minimum atomic E-state index is -1.14. The Hall–Kier alpha value is -2.63. The van der Waals surface area contributed by atoms with Crippen LogP contribution in [0.15, 0.2) is 36.4 Å². The number of carboxylic acids is 2. The van der Waals surface area contributed by atoms with Crippen molar-refractivity contribution in [3.05, 3.63) is 42.0 Å². The Kier molecular flexibility index (Phi) is 3.44. The molecule has 0 spiro atoms. The Morgan fingerprint density at radius 2 is 1.64 bits per heavy atom. The molecule has 3 N–H and O–H groups in total. The number of rotatable bonds is 4. The van der Waals surface area contributed by atoms with Gasteiger partial charge in [-0.2, -0.15) is 0 Å². The predicted octanol–water partition coefficient (Wildman–Crippen LogP) is 1.85. The highest BCUT2D eigenvalue weighted by Crippen LogP contribution is 2.48. The van der Waals surface area contributed by atoms with Gasteiger partial charge in [-0.1, -0.05) is 24.3 Å². The Morgan fingerprint density at radius 3 is 2.27 bits per heavy atom. The molecule has 0 unspecified atom stereocenters. The van der Waals surface area contributed by atoms with Crippen molar-refractivity contribution in [1.29, 1.82) is 0 Å². The monoisotopic (exact) mass is 301 g/mol. The molecule has 2 aliphatic carbocycles. The molecule has 6 heteroatoms. The van der Waals surface area contributed by atoms with Gasteiger partial charge in [-0.25, -0.2) is 4.79 Å². The average Bonchev–Trinajstić information content (AvgIpc) is 3.08. The number of benzene rings is 1. The summed E-state index contributed by atoms with van der Waals surface area (Å²) in [5.74, 6) is -4.17.